The minimum absolute atomic E-state index is 0.239. The molecular weight excluding hydrogens is 404 g/mol. The molecule has 2 nitrogen and oxygen atoms in total. The summed E-state index contributed by atoms with van der Waals surface area (Å²) in [5.41, 5.74) is 9.76. The summed E-state index contributed by atoms with van der Waals surface area (Å²) in [6.07, 6.45) is 6.45. The maximum absolute atomic E-state index is 9.86. The molecular formula is C31H22O2. The van der Waals surface area contributed by atoms with Crippen LogP contribution in [0.2, 0.25) is 0 Å². The number of rotatable bonds is 4. The van der Waals surface area contributed by atoms with Gasteiger partial charge in [-0.3, -0.25) is 0 Å². The highest BCUT2D eigenvalue weighted by atomic mass is 16.3. The first kappa shape index (κ1) is 20.4. The molecule has 0 atom stereocenters. The molecule has 0 aliphatic heterocycles. The van der Waals surface area contributed by atoms with Crippen LogP contribution in [0.15, 0.2) is 103 Å². The van der Waals surface area contributed by atoms with Crippen molar-refractivity contribution in [1.82, 2.24) is 0 Å². The van der Waals surface area contributed by atoms with E-state index in [-0.39, 0.29) is 11.5 Å². The van der Waals surface area contributed by atoms with E-state index in [1.54, 1.807) is 24.3 Å². The van der Waals surface area contributed by atoms with Crippen LogP contribution < -0.4 is 0 Å². The zero-order valence-electron chi connectivity index (χ0n) is 18.0. The zero-order chi connectivity index (χ0) is 22.8. The maximum atomic E-state index is 9.86. The summed E-state index contributed by atoms with van der Waals surface area (Å²) in [5, 5.41) is 19.7. The summed E-state index contributed by atoms with van der Waals surface area (Å²) in [5.74, 6) is 3.24. The monoisotopic (exact) mass is 426 g/mol. The summed E-state index contributed by atoms with van der Waals surface area (Å²) in [6.45, 7) is 0. The third-order valence-electron chi connectivity index (χ3n) is 6.02. The van der Waals surface area contributed by atoms with Gasteiger partial charge in [0.1, 0.15) is 11.5 Å². The lowest BCUT2D eigenvalue weighted by atomic mass is 9.88. The van der Waals surface area contributed by atoms with Crippen LogP contribution in [-0.4, -0.2) is 10.2 Å². The molecule has 2 heteroatoms. The number of terminal acetylenes is 1. The zero-order valence-corrected chi connectivity index (χ0v) is 18.0. The Labute approximate surface area is 193 Å². The number of benzene rings is 4. The maximum Gasteiger partial charge on any atom is 0.115 e. The fourth-order valence-corrected chi connectivity index (χ4v) is 4.48. The first-order valence-electron chi connectivity index (χ1n) is 10.8. The van der Waals surface area contributed by atoms with Gasteiger partial charge in [-0.15, -0.1) is 6.42 Å². The number of hydrogen-bond acceptors (Lipinski definition) is 2. The molecule has 4 aromatic carbocycles. The average molecular weight is 427 g/mol. The van der Waals surface area contributed by atoms with Crippen molar-refractivity contribution in [3.63, 3.8) is 0 Å². The van der Waals surface area contributed by atoms with E-state index in [4.69, 9.17) is 6.42 Å². The van der Waals surface area contributed by atoms with Gasteiger partial charge in [-0.2, -0.15) is 0 Å². The Balaban J connectivity index is 1.82. The highest BCUT2D eigenvalue weighted by molar-refractivity contribution is 6.27. The molecule has 0 fully saturated rings. The van der Waals surface area contributed by atoms with Crippen LogP contribution in [0.4, 0.5) is 0 Å². The third-order valence-corrected chi connectivity index (χ3v) is 6.02. The van der Waals surface area contributed by atoms with Gasteiger partial charge >= 0.3 is 0 Å². The number of phenolic OH excluding ortho intramolecular Hbond substituents is 2. The molecule has 0 aromatic heterocycles. The average Bonchev–Trinajstić information content (AvgIpc) is 3.26. The van der Waals surface area contributed by atoms with Gasteiger partial charge < -0.3 is 10.2 Å². The molecule has 1 aliphatic rings. The van der Waals surface area contributed by atoms with E-state index >= 15 is 0 Å². The van der Waals surface area contributed by atoms with Gasteiger partial charge in [-0.1, -0.05) is 72.7 Å². The molecule has 4 aromatic rings. The summed E-state index contributed by atoms with van der Waals surface area (Å²) in [6, 6.07) is 33.2. The topological polar surface area (TPSA) is 40.5 Å². The van der Waals surface area contributed by atoms with E-state index in [2.05, 4.69) is 30.2 Å². The van der Waals surface area contributed by atoms with E-state index in [0.717, 1.165) is 45.4 Å². The predicted molar refractivity (Wildman–Crippen MR) is 135 cm³/mol. The summed E-state index contributed by atoms with van der Waals surface area (Å²) in [4.78, 5) is 0. The molecule has 0 saturated carbocycles. The van der Waals surface area contributed by atoms with Crippen molar-refractivity contribution in [2.75, 3.05) is 0 Å². The molecule has 0 heterocycles. The Bertz CT molecular complexity index is 1420. The van der Waals surface area contributed by atoms with Gasteiger partial charge in [0.05, 0.1) is 0 Å². The Morgan fingerprint density at radius 3 is 1.61 bits per heavy atom. The molecule has 0 unspecified atom stereocenters. The van der Waals surface area contributed by atoms with Gasteiger partial charge in [0.25, 0.3) is 0 Å². The molecule has 0 amide bonds. The Morgan fingerprint density at radius 2 is 1.06 bits per heavy atom. The Kier molecular flexibility index (Phi) is 5.30. The fourth-order valence-electron chi connectivity index (χ4n) is 4.48. The van der Waals surface area contributed by atoms with Gasteiger partial charge in [0, 0.05) is 5.56 Å². The first-order chi connectivity index (χ1) is 16.1. The van der Waals surface area contributed by atoms with E-state index in [1.165, 1.54) is 11.1 Å². The van der Waals surface area contributed by atoms with Crippen molar-refractivity contribution in [2.24, 2.45) is 0 Å². The normalized spacial score (nSPS) is 13.3. The van der Waals surface area contributed by atoms with Gasteiger partial charge in [-0.05, 0) is 87.4 Å². The Morgan fingerprint density at radius 1 is 0.545 bits per heavy atom. The van der Waals surface area contributed by atoms with Crippen molar-refractivity contribution >= 4 is 22.3 Å². The summed E-state index contributed by atoms with van der Waals surface area (Å²) >= 11 is 0. The number of allylic oxidation sites excluding steroid dienone is 4. The lowest BCUT2D eigenvalue weighted by Crippen LogP contribution is -1.93. The van der Waals surface area contributed by atoms with Crippen LogP contribution in [0.3, 0.4) is 0 Å². The van der Waals surface area contributed by atoms with Crippen LogP contribution >= 0.6 is 0 Å². The van der Waals surface area contributed by atoms with Crippen molar-refractivity contribution in [3.8, 4) is 23.8 Å². The molecule has 5 rings (SSSR count). The van der Waals surface area contributed by atoms with Crippen LogP contribution in [0, 0.1) is 12.3 Å². The lowest BCUT2D eigenvalue weighted by molar-refractivity contribution is 0.474. The van der Waals surface area contributed by atoms with Crippen molar-refractivity contribution < 1.29 is 10.2 Å². The molecule has 0 radical (unpaired) electrons. The second kappa shape index (κ2) is 8.57. The van der Waals surface area contributed by atoms with Crippen LogP contribution in [0.25, 0.3) is 22.3 Å². The van der Waals surface area contributed by atoms with Crippen molar-refractivity contribution in [3.05, 3.63) is 131 Å². The van der Waals surface area contributed by atoms with Crippen LogP contribution in [0.5, 0.6) is 11.5 Å². The van der Waals surface area contributed by atoms with E-state index in [1.807, 2.05) is 54.6 Å². The predicted octanol–water partition coefficient (Wildman–Crippen LogP) is 7.00. The lowest BCUT2D eigenvalue weighted by Gasteiger charge is -2.15. The van der Waals surface area contributed by atoms with Crippen molar-refractivity contribution in [1.29, 1.82) is 0 Å². The van der Waals surface area contributed by atoms with E-state index in [0.29, 0.717) is 0 Å². The van der Waals surface area contributed by atoms with Crippen LogP contribution in [0.1, 0.15) is 34.2 Å². The second-order valence-electron chi connectivity index (χ2n) is 8.07. The third kappa shape index (κ3) is 3.93. The largest absolute Gasteiger partial charge is 0.508 e. The minimum Gasteiger partial charge on any atom is -0.508 e. The molecule has 0 saturated heterocycles. The molecule has 1 aliphatic carbocycles. The smallest absolute Gasteiger partial charge is 0.115 e. The number of phenols is 2. The van der Waals surface area contributed by atoms with Crippen molar-refractivity contribution in [2.45, 2.75) is 6.42 Å². The molecule has 0 bridgehead atoms. The molecule has 2 N–H and O–H groups in total. The number of hydrogen-bond donors (Lipinski definition) is 2. The molecule has 0 spiro atoms. The Hall–Kier alpha value is -4.48. The number of aromatic hydroxyl groups is 2. The van der Waals surface area contributed by atoms with Crippen LogP contribution in [-0.2, 0) is 0 Å². The summed E-state index contributed by atoms with van der Waals surface area (Å²) in [7, 11) is 0. The molecule has 33 heavy (non-hydrogen) atoms. The quantitative estimate of drug-likeness (QED) is 0.345. The molecule has 158 valence electrons. The highest BCUT2D eigenvalue weighted by Gasteiger charge is 2.28. The van der Waals surface area contributed by atoms with Gasteiger partial charge in [0.2, 0.25) is 0 Å². The first-order valence-corrected chi connectivity index (χ1v) is 10.8. The SMILES string of the molecule is C#Cc1cccc(C2=C(c3ccc(O)cc3)CC(c3ccc(O)cc3)=C2c2ccccc2)c1. The fraction of sp³-hybridized carbons (Fsp3) is 0.0323. The van der Waals surface area contributed by atoms with E-state index < -0.39 is 0 Å². The second-order valence-corrected chi connectivity index (χ2v) is 8.07. The standard InChI is InChI=1S/C31H22O2/c1-2-21-7-6-10-25(19-21)31-29(23-13-17-27(33)18-14-23)20-28(22-11-15-26(32)16-12-22)30(31)24-8-4-3-5-9-24/h1,3-19,32-33H,20H2. The minimum atomic E-state index is 0.239. The van der Waals surface area contributed by atoms with Gasteiger partial charge in [0.15, 0.2) is 0 Å². The van der Waals surface area contributed by atoms with E-state index in [9.17, 15) is 10.2 Å². The summed E-state index contributed by atoms with van der Waals surface area (Å²) < 4.78 is 0. The highest BCUT2D eigenvalue weighted by Crippen LogP contribution is 2.51. The van der Waals surface area contributed by atoms with Gasteiger partial charge in [-0.25, -0.2) is 0 Å².